The van der Waals surface area contributed by atoms with E-state index in [0.29, 0.717) is 22.5 Å². The Morgan fingerprint density at radius 3 is 2.54 bits per heavy atom. The number of carbonyl (C=O) groups is 2. The number of benzene rings is 2. The monoisotopic (exact) mass is 490 g/mol. The summed E-state index contributed by atoms with van der Waals surface area (Å²) >= 11 is 0. The summed E-state index contributed by atoms with van der Waals surface area (Å²) in [4.78, 5) is 40.7. The van der Waals surface area contributed by atoms with Crippen LogP contribution in [0.15, 0.2) is 60.8 Å². The Labute approximate surface area is 214 Å². The number of likely N-dealkylation sites (tertiary alicyclic amines) is 1. The topological polar surface area (TPSA) is 115 Å². The first-order valence-electron chi connectivity index (χ1n) is 12.6. The number of amides is 2. The zero-order valence-electron chi connectivity index (χ0n) is 20.3. The summed E-state index contributed by atoms with van der Waals surface area (Å²) in [5, 5.41) is 11.9. The molecule has 2 aromatic carbocycles. The van der Waals surface area contributed by atoms with Gasteiger partial charge in [0, 0.05) is 24.8 Å². The van der Waals surface area contributed by atoms with Crippen LogP contribution in [0.5, 0.6) is 0 Å². The molecule has 1 saturated heterocycles. The van der Waals surface area contributed by atoms with Crippen molar-refractivity contribution in [1.29, 1.82) is 5.26 Å². The maximum Gasteiger partial charge on any atom is 0.256 e. The smallest absolute Gasteiger partial charge is 0.256 e. The number of rotatable bonds is 5. The Morgan fingerprint density at radius 2 is 1.84 bits per heavy atom. The molecule has 0 atom stereocenters. The molecular weight excluding hydrogens is 464 g/mol. The van der Waals surface area contributed by atoms with Gasteiger partial charge in [0.2, 0.25) is 0 Å². The van der Waals surface area contributed by atoms with Gasteiger partial charge < -0.3 is 15.2 Å². The molecule has 8 nitrogen and oxygen atoms in total. The predicted molar refractivity (Wildman–Crippen MR) is 139 cm³/mol. The van der Waals surface area contributed by atoms with Gasteiger partial charge in [0.05, 0.1) is 28.1 Å². The van der Waals surface area contributed by atoms with E-state index in [1.54, 1.807) is 36.5 Å². The van der Waals surface area contributed by atoms with E-state index in [1.807, 2.05) is 35.2 Å². The van der Waals surface area contributed by atoms with Crippen LogP contribution in [-0.2, 0) is 5.41 Å². The number of para-hydroxylation sites is 1. The summed E-state index contributed by atoms with van der Waals surface area (Å²) in [6.45, 7) is 1.60. The number of hydrogen-bond donors (Lipinski definition) is 2. The molecule has 1 saturated carbocycles. The maximum absolute atomic E-state index is 13.1. The van der Waals surface area contributed by atoms with Crippen molar-refractivity contribution in [3.05, 3.63) is 88.9 Å². The van der Waals surface area contributed by atoms with Gasteiger partial charge in [-0.15, -0.1) is 0 Å². The van der Waals surface area contributed by atoms with E-state index >= 15 is 0 Å². The average molecular weight is 491 g/mol. The highest BCUT2D eigenvalue weighted by atomic mass is 16.2. The van der Waals surface area contributed by atoms with E-state index in [2.05, 4.69) is 15.3 Å². The van der Waals surface area contributed by atoms with E-state index in [4.69, 9.17) is 10.2 Å². The molecule has 2 aromatic heterocycles. The Kier molecular flexibility index (Phi) is 5.68. The zero-order valence-corrected chi connectivity index (χ0v) is 20.3. The van der Waals surface area contributed by atoms with Gasteiger partial charge in [-0.05, 0) is 67.6 Å². The molecule has 2 amide bonds. The van der Waals surface area contributed by atoms with Crippen LogP contribution in [0.4, 0.5) is 5.82 Å². The lowest BCUT2D eigenvalue weighted by Crippen LogP contribution is -2.36. The van der Waals surface area contributed by atoms with Crippen LogP contribution < -0.4 is 5.32 Å². The van der Waals surface area contributed by atoms with Crippen LogP contribution in [-0.4, -0.2) is 44.8 Å². The van der Waals surface area contributed by atoms with Gasteiger partial charge in [-0.3, -0.25) is 9.59 Å². The van der Waals surface area contributed by atoms with Crippen LogP contribution in [0.2, 0.25) is 0 Å². The molecule has 1 aliphatic carbocycles. The molecule has 3 heterocycles. The molecule has 0 radical (unpaired) electrons. The van der Waals surface area contributed by atoms with Crippen LogP contribution in [0.1, 0.15) is 69.8 Å². The molecule has 1 aliphatic heterocycles. The third kappa shape index (κ3) is 4.02. The number of fused-ring (bicyclic) bond motifs is 1. The summed E-state index contributed by atoms with van der Waals surface area (Å²) in [5.74, 6) is 1.02. The molecular formula is C29H26N6O2. The number of nitrogens with zero attached hydrogens (tertiary/aromatic N) is 4. The predicted octanol–water partition coefficient (Wildman–Crippen LogP) is 4.79. The minimum absolute atomic E-state index is 0.0471. The van der Waals surface area contributed by atoms with Gasteiger partial charge in [-0.1, -0.05) is 24.6 Å². The van der Waals surface area contributed by atoms with Crippen molar-refractivity contribution in [1.82, 2.24) is 19.9 Å². The highest BCUT2D eigenvalue weighted by Crippen LogP contribution is 2.48. The molecule has 4 aromatic rings. The summed E-state index contributed by atoms with van der Waals surface area (Å²) in [7, 11) is 0. The summed E-state index contributed by atoms with van der Waals surface area (Å²) in [6, 6.07) is 18.1. The summed E-state index contributed by atoms with van der Waals surface area (Å²) < 4.78 is 0. The molecule has 0 bridgehead atoms. The standard InChI is InChI=1S/C29H26N6O2/c30-17-19-6-3-7-20(16-19)26(36)33-24-11-10-21(18-31-24)29(12-5-13-29)28-32-23-9-4-8-22(25(23)34-28)27(37)35-14-1-2-15-35/h3-4,6-11,16,18H,1-2,5,12-15H2,(H,32,34)(H,31,33,36). The number of nitriles is 1. The van der Waals surface area contributed by atoms with Crippen LogP contribution in [0.25, 0.3) is 11.0 Å². The Bertz CT molecular complexity index is 1540. The quantitative estimate of drug-likeness (QED) is 0.418. The maximum atomic E-state index is 13.1. The number of carbonyl (C=O) groups excluding carboxylic acids is 2. The number of hydrogen-bond acceptors (Lipinski definition) is 5. The first kappa shape index (κ1) is 22.9. The van der Waals surface area contributed by atoms with Crippen molar-refractivity contribution < 1.29 is 9.59 Å². The molecule has 2 fully saturated rings. The van der Waals surface area contributed by atoms with Crippen LogP contribution in [0.3, 0.4) is 0 Å². The minimum atomic E-state index is -0.316. The summed E-state index contributed by atoms with van der Waals surface area (Å²) in [6.07, 6.45) is 6.82. The van der Waals surface area contributed by atoms with Crippen LogP contribution >= 0.6 is 0 Å². The Hall–Kier alpha value is -4.51. The van der Waals surface area contributed by atoms with E-state index in [9.17, 15) is 9.59 Å². The van der Waals surface area contributed by atoms with Crippen molar-refractivity contribution in [3.8, 4) is 6.07 Å². The van der Waals surface area contributed by atoms with Gasteiger partial charge >= 0.3 is 0 Å². The first-order valence-corrected chi connectivity index (χ1v) is 12.6. The SMILES string of the molecule is N#Cc1cccc(C(=O)Nc2ccc(C3(c4nc5c(C(=O)N6CCCC6)cccc5[nH]4)CCC3)cn2)c1. The van der Waals surface area contributed by atoms with Crippen molar-refractivity contribution >= 4 is 28.7 Å². The molecule has 2 aliphatic rings. The number of imidazole rings is 1. The van der Waals surface area contributed by atoms with Gasteiger partial charge in [0.25, 0.3) is 11.8 Å². The third-order valence-electron chi connectivity index (χ3n) is 7.61. The van der Waals surface area contributed by atoms with E-state index in [0.717, 1.165) is 67.6 Å². The highest BCUT2D eigenvalue weighted by Gasteiger charge is 2.43. The molecule has 37 heavy (non-hydrogen) atoms. The zero-order chi connectivity index (χ0) is 25.4. The van der Waals surface area contributed by atoms with Gasteiger partial charge in [-0.25, -0.2) is 9.97 Å². The van der Waals surface area contributed by atoms with Crippen LogP contribution in [0, 0.1) is 11.3 Å². The number of nitrogens with one attached hydrogen (secondary N) is 2. The van der Waals surface area contributed by atoms with E-state index in [1.165, 1.54) is 0 Å². The second kappa shape index (κ2) is 9.17. The fourth-order valence-corrected chi connectivity index (χ4v) is 5.38. The second-order valence-corrected chi connectivity index (χ2v) is 9.80. The van der Waals surface area contributed by atoms with Crippen molar-refractivity contribution in [3.63, 3.8) is 0 Å². The lowest BCUT2D eigenvalue weighted by molar-refractivity contribution is 0.0794. The molecule has 8 heteroatoms. The van der Waals surface area contributed by atoms with Crippen molar-refractivity contribution in [2.75, 3.05) is 18.4 Å². The third-order valence-corrected chi connectivity index (χ3v) is 7.61. The lowest BCUT2D eigenvalue weighted by Gasteiger charge is -2.40. The molecule has 184 valence electrons. The molecule has 0 spiro atoms. The van der Waals surface area contributed by atoms with Gasteiger partial charge in [-0.2, -0.15) is 5.26 Å². The van der Waals surface area contributed by atoms with Crippen molar-refractivity contribution in [2.45, 2.75) is 37.5 Å². The lowest BCUT2D eigenvalue weighted by atomic mass is 9.64. The first-order chi connectivity index (χ1) is 18.1. The summed E-state index contributed by atoms with van der Waals surface area (Å²) in [5.41, 5.74) is 3.78. The number of aromatic amines is 1. The number of anilines is 1. The largest absolute Gasteiger partial charge is 0.341 e. The Morgan fingerprint density at radius 1 is 1.03 bits per heavy atom. The fourth-order valence-electron chi connectivity index (χ4n) is 5.38. The normalized spacial score (nSPS) is 16.2. The van der Waals surface area contributed by atoms with Crippen molar-refractivity contribution in [2.24, 2.45) is 0 Å². The van der Waals surface area contributed by atoms with E-state index < -0.39 is 0 Å². The average Bonchev–Trinajstić information content (AvgIpc) is 3.59. The van der Waals surface area contributed by atoms with Gasteiger partial charge in [0.15, 0.2) is 0 Å². The Balaban J connectivity index is 1.27. The number of pyridine rings is 1. The number of H-pyrrole nitrogens is 1. The molecule has 2 N–H and O–H groups in total. The molecule has 0 unspecified atom stereocenters. The second-order valence-electron chi connectivity index (χ2n) is 9.80. The van der Waals surface area contributed by atoms with E-state index in [-0.39, 0.29) is 17.2 Å². The highest BCUT2D eigenvalue weighted by molar-refractivity contribution is 6.05. The minimum Gasteiger partial charge on any atom is -0.341 e. The fraction of sp³-hybridized carbons (Fsp3) is 0.276. The number of aromatic nitrogens is 3. The molecule has 6 rings (SSSR count). The van der Waals surface area contributed by atoms with Gasteiger partial charge in [0.1, 0.15) is 17.2 Å².